The molecule has 1 aliphatic carbocycles. The lowest BCUT2D eigenvalue weighted by Gasteiger charge is -2.14. The Morgan fingerprint density at radius 1 is 1.19 bits per heavy atom. The molecule has 31 heavy (non-hydrogen) atoms. The molecule has 2 amide bonds. The molecule has 2 heterocycles. The van der Waals surface area contributed by atoms with Crippen molar-refractivity contribution in [3.05, 3.63) is 53.1 Å². The van der Waals surface area contributed by atoms with Gasteiger partial charge in [-0.2, -0.15) is 5.10 Å². The summed E-state index contributed by atoms with van der Waals surface area (Å²) in [5.41, 5.74) is 2.14. The first kappa shape index (κ1) is 20.6. The maximum absolute atomic E-state index is 15.0. The Balaban J connectivity index is 1.62. The van der Waals surface area contributed by atoms with Gasteiger partial charge in [0.2, 0.25) is 0 Å². The summed E-state index contributed by atoms with van der Waals surface area (Å²) in [6.45, 7) is 5.31. The summed E-state index contributed by atoms with van der Waals surface area (Å²) in [4.78, 5) is 24.2. The van der Waals surface area contributed by atoms with E-state index in [4.69, 9.17) is 9.47 Å². The Morgan fingerprint density at radius 2 is 1.97 bits per heavy atom. The van der Waals surface area contributed by atoms with Crippen molar-refractivity contribution >= 4 is 23.2 Å². The van der Waals surface area contributed by atoms with Crippen LogP contribution >= 0.6 is 0 Å². The average Bonchev–Trinajstić information content (AvgIpc) is 3.48. The number of anilines is 1. The molecule has 0 bridgehead atoms. The Kier molecular flexibility index (Phi) is 5.50. The van der Waals surface area contributed by atoms with Crippen molar-refractivity contribution in [1.82, 2.24) is 14.9 Å². The molecule has 0 aliphatic heterocycles. The number of esters is 1. The molecule has 1 aromatic carbocycles. The van der Waals surface area contributed by atoms with Crippen molar-refractivity contribution in [2.75, 3.05) is 11.9 Å². The van der Waals surface area contributed by atoms with Crippen LogP contribution in [0.15, 0.2) is 30.6 Å². The minimum atomic E-state index is -0.589. The molecule has 0 unspecified atom stereocenters. The number of hydrogen-bond donors (Lipinski definition) is 2. The van der Waals surface area contributed by atoms with Gasteiger partial charge in [-0.05, 0) is 51.3 Å². The van der Waals surface area contributed by atoms with Gasteiger partial charge < -0.3 is 20.1 Å². The van der Waals surface area contributed by atoms with Crippen molar-refractivity contribution in [3.8, 4) is 11.5 Å². The van der Waals surface area contributed by atoms with Gasteiger partial charge in [0.1, 0.15) is 5.52 Å². The van der Waals surface area contributed by atoms with Gasteiger partial charge in [0, 0.05) is 29.6 Å². The van der Waals surface area contributed by atoms with E-state index in [1.165, 1.54) is 16.8 Å². The zero-order valence-corrected chi connectivity index (χ0v) is 17.5. The lowest BCUT2D eigenvalue weighted by atomic mass is 10.1. The molecule has 9 heteroatoms. The highest BCUT2D eigenvalue weighted by Gasteiger charge is 2.24. The SMILES string of the molecule is CCOC(=O)c1cn2nccc(Oc3ccc(NC(=O)NC4CC4)c(C)c3F)c2c1C. The van der Waals surface area contributed by atoms with Gasteiger partial charge >= 0.3 is 12.0 Å². The third-order valence-corrected chi connectivity index (χ3v) is 5.12. The van der Waals surface area contributed by atoms with Gasteiger partial charge in [0.15, 0.2) is 17.3 Å². The van der Waals surface area contributed by atoms with Crippen molar-refractivity contribution in [1.29, 1.82) is 0 Å². The number of aromatic nitrogens is 2. The van der Waals surface area contributed by atoms with Gasteiger partial charge in [-0.1, -0.05) is 0 Å². The van der Waals surface area contributed by atoms with Crippen LogP contribution in [0.5, 0.6) is 11.5 Å². The van der Waals surface area contributed by atoms with Crippen molar-refractivity contribution in [2.24, 2.45) is 0 Å². The minimum Gasteiger partial charge on any atom is -0.462 e. The Bertz CT molecular complexity index is 1170. The van der Waals surface area contributed by atoms with E-state index in [0.717, 1.165) is 12.8 Å². The average molecular weight is 426 g/mol. The minimum absolute atomic E-state index is 0.00274. The fourth-order valence-corrected chi connectivity index (χ4v) is 3.28. The number of hydrogen-bond acceptors (Lipinski definition) is 5. The van der Waals surface area contributed by atoms with Crippen LogP contribution in [0.4, 0.5) is 14.9 Å². The number of aryl methyl sites for hydroxylation is 1. The molecule has 0 saturated heterocycles. The number of nitrogens with one attached hydrogen (secondary N) is 2. The van der Waals surface area contributed by atoms with Gasteiger partial charge in [-0.25, -0.2) is 18.5 Å². The second-order valence-electron chi connectivity index (χ2n) is 7.40. The summed E-state index contributed by atoms with van der Waals surface area (Å²) in [5, 5.41) is 9.67. The van der Waals surface area contributed by atoms with Crippen molar-refractivity contribution in [3.63, 3.8) is 0 Å². The molecule has 2 aromatic heterocycles. The summed E-state index contributed by atoms with van der Waals surface area (Å²) < 4.78 is 27.5. The fourth-order valence-electron chi connectivity index (χ4n) is 3.28. The molecule has 1 saturated carbocycles. The van der Waals surface area contributed by atoms with Gasteiger partial charge in [-0.3, -0.25) is 0 Å². The first-order valence-electron chi connectivity index (χ1n) is 10.1. The molecule has 4 rings (SSSR count). The van der Waals surface area contributed by atoms with E-state index in [1.807, 2.05) is 0 Å². The van der Waals surface area contributed by atoms with E-state index in [9.17, 15) is 9.59 Å². The van der Waals surface area contributed by atoms with Gasteiger partial charge in [0.25, 0.3) is 0 Å². The first-order chi connectivity index (χ1) is 14.9. The number of fused-ring (bicyclic) bond motifs is 1. The van der Waals surface area contributed by atoms with Crippen LogP contribution in [0.2, 0.25) is 0 Å². The number of ether oxygens (including phenoxy) is 2. The second kappa shape index (κ2) is 8.25. The summed E-state index contributed by atoms with van der Waals surface area (Å²) in [6.07, 6.45) is 4.98. The zero-order valence-electron chi connectivity index (χ0n) is 17.5. The number of carbonyl (C=O) groups is 2. The van der Waals surface area contributed by atoms with E-state index >= 15 is 4.39 Å². The lowest BCUT2D eigenvalue weighted by Crippen LogP contribution is -2.30. The number of halogens is 1. The predicted molar refractivity (Wildman–Crippen MR) is 112 cm³/mol. The maximum Gasteiger partial charge on any atom is 0.340 e. The Hall–Kier alpha value is -3.62. The van der Waals surface area contributed by atoms with Crippen LogP contribution in [-0.4, -0.2) is 34.3 Å². The molecular formula is C22H23FN4O4. The monoisotopic (exact) mass is 426 g/mol. The zero-order chi connectivity index (χ0) is 22.1. The topological polar surface area (TPSA) is 94.0 Å². The largest absolute Gasteiger partial charge is 0.462 e. The summed E-state index contributed by atoms with van der Waals surface area (Å²) in [5.74, 6) is -0.710. The number of amides is 2. The molecule has 2 N–H and O–H groups in total. The van der Waals surface area contributed by atoms with Crippen LogP contribution in [-0.2, 0) is 4.74 Å². The number of carbonyl (C=O) groups excluding carboxylic acids is 2. The normalized spacial score (nSPS) is 13.2. The smallest absolute Gasteiger partial charge is 0.340 e. The van der Waals surface area contributed by atoms with E-state index in [1.54, 1.807) is 39.1 Å². The molecule has 3 aromatic rings. The number of nitrogens with zero attached hydrogens (tertiary/aromatic N) is 2. The van der Waals surface area contributed by atoms with Crippen molar-refractivity contribution in [2.45, 2.75) is 39.7 Å². The standard InChI is InChI=1S/C22H23FN4O4/c1-4-30-21(28)15-11-27-20(12(15)2)18(9-10-24-27)31-17-8-7-16(13(3)19(17)23)26-22(29)25-14-5-6-14/h7-11,14H,4-6H2,1-3H3,(H2,25,26,29). The predicted octanol–water partition coefficient (Wildman–Crippen LogP) is 4.34. The molecule has 162 valence electrons. The number of rotatable bonds is 6. The summed E-state index contributed by atoms with van der Waals surface area (Å²) >= 11 is 0. The quantitative estimate of drug-likeness (QED) is 0.572. The lowest BCUT2D eigenvalue weighted by molar-refractivity contribution is 0.0525. The fraction of sp³-hybridized carbons (Fsp3) is 0.318. The number of benzene rings is 1. The van der Waals surface area contributed by atoms with Crippen LogP contribution in [0, 0.1) is 19.7 Å². The molecule has 8 nitrogen and oxygen atoms in total. The third kappa shape index (κ3) is 4.16. The Morgan fingerprint density at radius 3 is 2.68 bits per heavy atom. The van der Waals surface area contributed by atoms with Crippen LogP contribution < -0.4 is 15.4 Å². The second-order valence-corrected chi connectivity index (χ2v) is 7.40. The van der Waals surface area contributed by atoms with E-state index in [-0.39, 0.29) is 30.0 Å². The van der Waals surface area contributed by atoms with Crippen LogP contribution in [0.1, 0.15) is 41.3 Å². The number of urea groups is 1. The highest BCUT2D eigenvalue weighted by Crippen LogP contribution is 2.34. The molecule has 1 aliphatic rings. The van der Waals surface area contributed by atoms with Gasteiger partial charge in [0.05, 0.1) is 18.4 Å². The van der Waals surface area contributed by atoms with Crippen LogP contribution in [0.3, 0.4) is 0 Å². The Labute approximate surface area is 178 Å². The third-order valence-electron chi connectivity index (χ3n) is 5.12. The molecular weight excluding hydrogens is 403 g/mol. The molecule has 0 atom stereocenters. The maximum atomic E-state index is 15.0. The summed E-state index contributed by atoms with van der Waals surface area (Å²) in [6, 6.07) is 4.49. The van der Waals surface area contributed by atoms with Crippen LogP contribution in [0.25, 0.3) is 5.52 Å². The van der Waals surface area contributed by atoms with E-state index in [0.29, 0.717) is 28.1 Å². The van der Waals surface area contributed by atoms with Gasteiger partial charge in [-0.15, -0.1) is 0 Å². The highest BCUT2D eigenvalue weighted by molar-refractivity contribution is 5.94. The van der Waals surface area contributed by atoms with Crippen molar-refractivity contribution < 1.29 is 23.5 Å². The first-order valence-corrected chi connectivity index (χ1v) is 10.1. The molecule has 0 spiro atoms. The summed E-state index contributed by atoms with van der Waals surface area (Å²) in [7, 11) is 0. The molecule has 0 radical (unpaired) electrons. The van der Waals surface area contributed by atoms with E-state index < -0.39 is 11.8 Å². The highest BCUT2D eigenvalue weighted by atomic mass is 19.1. The van der Waals surface area contributed by atoms with E-state index in [2.05, 4.69) is 15.7 Å². The molecule has 1 fully saturated rings.